The molecule has 1 aromatic carbocycles. The second-order valence-corrected chi connectivity index (χ2v) is 7.02. The molecule has 1 amide bonds. The predicted molar refractivity (Wildman–Crippen MR) is 89.9 cm³/mol. The lowest BCUT2D eigenvalue weighted by Gasteiger charge is -2.22. The largest absolute Gasteiger partial charge is 0.364 e. The first-order chi connectivity index (χ1) is 10.6. The number of aromatic nitrogens is 1. The minimum atomic E-state index is -0.233. The number of anilines is 1. The molecule has 0 aliphatic carbocycles. The van der Waals surface area contributed by atoms with Crippen LogP contribution in [0.2, 0.25) is 0 Å². The zero-order valence-electron chi connectivity index (χ0n) is 12.6. The van der Waals surface area contributed by atoms with Crippen LogP contribution in [0.3, 0.4) is 0 Å². The van der Waals surface area contributed by atoms with E-state index in [1.807, 2.05) is 24.3 Å². The van der Waals surface area contributed by atoms with Gasteiger partial charge in [0.05, 0.1) is 5.69 Å². The molecule has 1 aliphatic rings. The lowest BCUT2D eigenvalue weighted by atomic mass is 10.2. The minimum absolute atomic E-state index is 0.194. The summed E-state index contributed by atoms with van der Waals surface area (Å²) in [6, 6.07) is 9.34. The third-order valence-corrected chi connectivity index (χ3v) is 5.01. The van der Waals surface area contributed by atoms with Crippen LogP contribution in [0.5, 0.6) is 0 Å². The van der Waals surface area contributed by atoms with Crippen molar-refractivity contribution in [2.75, 3.05) is 11.4 Å². The zero-order chi connectivity index (χ0) is 15.7. The van der Waals surface area contributed by atoms with E-state index in [9.17, 15) is 9.59 Å². The van der Waals surface area contributed by atoms with E-state index in [2.05, 4.69) is 11.9 Å². The molecule has 0 saturated heterocycles. The van der Waals surface area contributed by atoms with Gasteiger partial charge < -0.3 is 9.88 Å². The Kier molecular flexibility index (Phi) is 4.07. The average molecular weight is 314 g/mol. The van der Waals surface area contributed by atoms with E-state index < -0.39 is 0 Å². The lowest BCUT2D eigenvalue weighted by molar-refractivity contribution is 0.0985. The lowest BCUT2D eigenvalue weighted by Crippen LogP contribution is -2.35. The quantitative estimate of drug-likeness (QED) is 0.879. The van der Waals surface area contributed by atoms with Gasteiger partial charge in [0.1, 0.15) is 5.56 Å². The number of carbonyl (C=O) groups is 1. The Labute approximate surface area is 133 Å². The number of carbonyl (C=O) groups excluding carboxylic acids is 1. The number of benzene rings is 1. The van der Waals surface area contributed by atoms with Crippen molar-refractivity contribution in [3.63, 3.8) is 0 Å². The first-order valence-electron chi connectivity index (χ1n) is 7.33. The molecule has 5 heteroatoms. The molecule has 2 aromatic rings. The van der Waals surface area contributed by atoms with E-state index in [1.54, 1.807) is 23.6 Å². The molecule has 1 aromatic heterocycles. The SMILES string of the molecule is Cc1cc(=O)c(C(=O)N2CCC(C)Sc3ccccc32)c[nH]1. The number of amides is 1. The van der Waals surface area contributed by atoms with E-state index in [1.165, 1.54) is 12.3 Å². The number of para-hydroxylation sites is 1. The van der Waals surface area contributed by atoms with Gasteiger partial charge in [0.2, 0.25) is 0 Å². The fourth-order valence-corrected chi connectivity index (χ4v) is 3.70. The summed E-state index contributed by atoms with van der Waals surface area (Å²) in [5.41, 5.74) is 1.60. The molecule has 22 heavy (non-hydrogen) atoms. The van der Waals surface area contributed by atoms with Gasteiger partial charge in [0.15, 0.2) is 5.43 Å². The van der Waals surface area contributed by atoms with Gasteiger partial charge in [0.25, 0.3) is 5.91 Å². The number of hydrogen-bond acceptors (Lipinski definition) is 3. The Balaban J connectivity index is 2.03. The van der Waals surface area contributed by atoms with Gasteiger partial charge in [-0.3, -0.25) is 9.59 Å². The predicted octanol–water partition coefficient (Wildman–Crippen LogP) is 3.21. The van der Waals surface area contributed by atoms with Crippen molar-refractivity contribution >= 4 is 23.4 Å². The number of nitrogens with one attached hydrogen (secondary N) is 1. The first-order valence-corrected chi connectivity index (χ1v) is 8.21. The molecular weight excluding hydrogens is 296 g/mol. The number of aromatic amines is 1. The topological polar surface area (TPSA) is 53.2 Å². The van der Waals surface area contributed by atoms with E-state index >= 15 is 0 Å². The minimum Gasteiger partial charge on any atom is -0.364 e. The summed E-state index contributed by atoms with van der Waals surface area (Å²) in [5, 5.41) is 0.440. The standard InChI is InChI=1S/C17H18N2O2S/c1-11-9-15(20)13(10-18-11)17(21)19-8-7-12(2)22-16-6-4-3-5-14(16)19/h3-6,9-10,12H,7-8H2,1-2H3,(H,18,20). The highest BCUT2D eigenvalue weighted by atomic mass is 32.2. The van der Waals surface area contributed by atoms with Gasteiger partial charge in [-0.25, -0.2) is 0 Å². The summed E-state index contributed by atoms with van der Waals surface area (Å²) in [5.74, 6) is -0.233. The summed E-state index contributed by atoms with van der Waals surface area (Å²) < 4.78 is 0. The molecule has 0 saturated carbocycles. The number of thioether (sulfide) groups is 1. The zero-order valence-corrected chi connectivity index (χ0v) is 13.4. The number of hydrogen-bond donors (Lipinski definition) is 1. The molecule has 114 valence electrons. The third-order valence-electron chi connectivity index (χ3n) is 3.78. The summed E-state index contributed by atoms with van der Waals surface area (Å²) in [4.78, 5) is 30.7. The Hall–Kier alpha value is -2.01. The maximum absolute atomic E-state index is 12.9. The second kappa shape index (κ2) is 6.01. The number of H-pyrrole nitrogens is 1. The maximum Gasteiger partial charge on any atom is 0.263 e. The smallest absolute Gasteiger partial charge is 0.263 e. The van der Waals surface area contributed by atoms with Crippen molar-refractivity contribution in [1.29, 1.82) is 0 Å². The summed E-state index contributed by atoms with van der Waals surface area (Å²) in [6.07, 6.45) is 2.42. The highest BCUT2D eigenvalue weighted by Gasteiger charge is 2.26. The van der Waals surface area contributed by atoms with E-state index in [0.717, 1.165) is 22.7 Å². The van der Waals surface area contributed by atoms with Gasteiger partial charge in [0, 0.05) is 34.6 Å². The number of aryl methyl sites for hydroxylation is 1. The molecule has 1 N–H and O–H groups in total. The number of rotatable bonds is 1. The van der Waals surface area contributed by atoms with Crippen molar-refractivity contribution in [2.24, 2.45) is 0 Å². The van der Waals surface area contributed by atoms with Gasteiger partial charge in [-0.2, -0.15) is 0 Å². The van der Waals surface area contributed by atoms with E-state index in [0.29, 0.717) is 11.8 Å². The van der Waals surface area contributed by atoms with Crippen LogP contribution in [0.25, 0.3) is 0 Å². The number of nitrogens with zero attached hydrogens (tertiary/aromatic N) is 1. The molecule has 3 rings (SSSR count). The normalized spacial score (nSPS) is 17.7. The fourth-order valence-electron chi connectivity index (χ4n) is 2.58. The Morgan fingerprint density at radius 1 is 1.36 bits per heavy atom. The van der Waals surface area contributed by atoms with Crippen molar-refractivity contribution in [2.45, 2.75) is 30.4 Å². The van der Waals surface area contributed by atoms with Crippen molar-refractivity contribution in [3.05, 3.63) is 58.0 Å². The molecule has 1 unspecified atom stereocenters. The molecule has 1 atom stereocenters. The highest BCUT2D eigenvalue weighted by molar-refractivity contribution is 8.00. The monoisotopic (exact) mass is 314 g/mol. The van der Waals surface area contributed by atoms with Crippen LogP contribution in [-0.4, -0.2) is 22.7 Å². The van der Waals surface area contributed by atoms with Gasteiger partial charge in [-0.05, 0) is 25.5 Å². The van der Waals surface area contributed by atoms with Crippen LogP contribution in [0, 0.1) is 6.92 Å². The molecule has 2 heterocycles. The molecule has 4 nitrogen and oxygen atoms in total. The Morgan fingerprint density at radius 2 is 2.14 bits per heavy atom. The second-order valence-electron chi connectivity index (χ2n) is 5.54. The van der Waals surface area contributed by atoms with E-state index in [4.69, 9.17) is 0 Å². The van der Waals surface area contributed by atoms with Gasteiger partial charge >= 0.3 is 0 Å². The molecule has 0 fully saturated rings. The highest BCUT2D eigenvalue weighted by Crippen LogP contribution is 2.37. The van der Waals surface area contributed by atoms with Crippen LogP contribution in [0.15, 0.2) is 46.2 Å². The van der Waals surface area contributed by atoms with Crippen LogP contribution in [0.1, 0.15) is 29.4 Å². The van der Waals surface area contributed by atoms with Gasteiger partial charge in [-0.15, -0.1) is 11.8 Å². The van der Waals surface area contributed by atoms with Crippen LogP contribution < -0.4 is 10.3 Å². The number of pyridine rings is 1. The molecular formula is C17H18N2O2S. The van der Waals surface area contributed by atoms with Crippen LogP contribution in [0.4, 0.5) is 5.69 Å². The summed E-state index contributed by atoms with van der Waals surface area (Å²) in [6.45, 7) is 4.58. The Morgan fingerprint density at radius 3 is 2.91 bits per heavy atom. The maximum atomic E-state index is 12.9. The first kappa shape index (κ1) is 14.9. The van der Waals surface area contributed by atoms with Crippen LogP contribution in [-0.2, 0) is 0 Å². The van der Waals surface area contributed by atoms with Crippen molar-refractivity contribution in [3.8, 4) is 0 Å². The Bertz CT molecular complexity index is 769. The van der Waals surface area contributed by atoms with E-state index in [-0.39, 0.29) is 16.9 Å². The van der Waals surface area contributed by atoms with Crippen molar-refractivity contribution in [1.82, 2.24) is 4.98 Å². The molecule has 0 spiro atoms. The third kappa shape index (κ3) is 2.81. The van der Waals surface area contributed by atoms with Crippen LogP contribution >= 0.6 is 11.8 Å². The fraction of sp³-hybridized carbons (Fsp3) is 0.294. The molecule has 1 aliphatic heterocycles. The van der Waals surface area contributed by atoms with Crippen molar-refractivity contribution < 1.29 is 4.79 Å². The number of fused-ring (bicyclic) bond motifs is 1. The average Bonchev–Trinajstić information content (AvgIpc) is 2.65. The molecule has 0 bridgehead atoms. The van der Waals surface area contributed by atoms with Gasteiger partial charge in [-0.1, -0.05) is 19.1 Å². The summed E-state index contributed by atoms with van der Waals surface area (Å²) in [7, 11) is 0. The summed E-state index contributed by atoms with van der Waals surface area (Å²) >= 11 is 1.78. The molecule has 0 radical (unpaired) electrons.